The highest BCUT2D eigenvalue weighted by molar-refractivity contribution is 5.41. The molecule has 2 aliphatic heterocycles. The molecule has 2 atom stereocenters. The predicted octanol–water partition coefficient (Wildman–Crippen LogP) is 2.70. The first-order chi connectivity index (χ1) is 12.8. The number of aromatic nitrogens is 2. The van der Waals surface area contributed by atoms with E-state index in [9.17, 15) is 5.11 Å². The van der Waals surface area contributed by atoms with Gasteiger partial charge in [-0.15, -0.1) is 0 Å². The monoisotopic (exact) mass is 355 g/mol. The molecule has 6 heteroatoms. The minimum Gasteiger partial charge on any atom is -0.493 e. The second kappa shape index (κ2) is 6.35. The van der Waals surface area contributed by atoms with Crippen molar-refractivity contribution in [3.8, 4) is 5.75 Å². The molecule has 0 unspecified atom stereocenters. The number of aliphatic hydroxyl groups excluding tert-OH is 1. The molecular formula is C20H25N3O3. The predicted molar refractivity (Wildman–Crippen MR) is 95.0 cm³/mol. The summed E-state index contributed by atoms with van der Waals surface area (Å²) in [4.78, 5) is 6.98. The summed E-state index contributed by atoms with van der Waals surface area (Å²) in [5, 5.41) is 14.4. The molecule has 0 radical (unpaired) electrons. The van der Waals surface area contributed by atoms with Crippen LogP contribution in [0.25, 0.3) is 0 Å². The second-order valence-corrected chi connectivity index (χ2v) is 8.10. The molecule has 1 saturated heterocycles. The van der Waals surface area contributed by atoms with Gasteiger partial charge >= 0.3 is 0 Å². The summed E-state index contributed by atoms with van der Waals surface area (Å²) in [6.07, 6.45) is 4.84. The van der Waals surface area contributed by atoms with Crippen molar-refractivity contribution in [2.45, 2.75) is 44.1 Å². The van der Waals surface area contributed by atoms with Crippen molar-refractivity contribution in [3.63, 3.8) is 0 Å². The number of ether oxygens (including phenoxy) is 1. The lowest BCUT2D eigenvalue weighted by Gasteiger charge is -2.38. The first-order valence-corrected chi connectivity index (χ1v) is 9.65. The van der Waals surface area contributed by atoms with Gasteiger partial charge in [-0.1, -0.05) is 36.2 Å². The Balaban J connectivity index is 1.34. The number of nitrogens with zero attached hydrogens (tertiary/aromatic N) is 3. The fraction of sp³-hybridized carbons (Fsp3) is 0.600. The van der Waals surface area contributed by atoms with E-state index < -0.39 is 0 Å². The van der Waals surface area contributed by atoms with Crippen LogP contribution in [-0.2, 0) is 6.54 Å². The van der Waals surface area contributed by atoms with E-state index in [-0.39, 0.29) is 17.9 Å². The number of likely N-dealkylation sites (tertiary alicyclic amines) is 1. The smallest absolute Gasteiger partial charge is 0.229 e. The Hall–Kier alpha value is -1.92. The van der Waals surface area contributed by atoms with Crippen LogP contribution in [0.5, 0.6) is 5.75 Å². The Bertz CT molecular complexity index is 786. The van der Waals surface area contributed by atoms with Gasteiger partial charge in [0.1, 0.15) is 5.75 Å². The van der Waals surface area contributed by atoms with Crippen LogP contribution in [0.2, 0.25) is 0 Å². The number of hydrogen-bond donors (Lipinski definition) is 1. The lowest BCUT2D eigenvalue weighted by Crippen LogP contribution is -2.42. The van der Waals surface area contributed by atoms with Crippen molar-refractivity contribution in [1.82, 2.24) is 15.0 Å². The lowest BCUT2D eigenvalue weighted by atomic mass is 9.74. The van der Waals surface area contributed by atoms with Crippen LogP contribution in [0.4, 0.5) is 0 Å². The molecule has 2 aromatic rings. The quantitative estimate of drug-likeness (QED) is 0.909. The summed E-state index contributed by atoms with van der Waals surface area (Å²) in [6.45, 7) is 3.02. The Morgan fingerprint density at radius 1 is 1.23 bits per heavy atom. The molecule has 3 heterocycles. The largest absolute Gasteiger partial charge is 0.493 e. The summed E-state index contributed by atoms with van der Waals surface area (Å²) >= 11 is 0. The molecule has 1 aromatic heterocycles. The minimum atomic E-state index is -0.244. The van der Waals surface area contributed by atoms with Gasteiger partial charge in [0, 0.05) is 30.3 Å². The molecule has 2 fully saturated rings. The molecule has 0 bridgehead atoms. The molecule has 138 valence electrons. The Kier molecular flexibility index (Phi) is 3.98. The van der Waals surface area contributed by atoms with Crippen LogP contribution < -0.4 is 4.74 Å². The molecule has 0 spiro atoms. The number of fused-ring (bicyclic) bond motifs is 3. The molecule has 3 aliphatic rings. The lowest BCUT2D eigenvalue weighted by molar-refractivity contribution is 0.0455. The van der Waals surface area contributed by atoms with Crippen LogP contribution in [0.1, 0.15) is 54.8 Å². The molecule has 6 nitrogen and oxygen atoms in total. The Labute approximate surface area is 153 Å². The van der Waals surface area contributed by atoms with E-state index >= 15 is 0 Å². The summed E-state index contributed by atoms with van der Waals surface area (Å²) < 4.78 is 11.5. The van der Waals surface area contributed by atoms with Crippen molar-refractivity contribution in [2.75, 3.05) is 26.3 Å². The van der Waals surface area contributed by atoms with Gasteiger partial charge in [-0.2, -0.15) is 4.98 Å². The van der Waals surface area contributed by atoms with Gasteiger partial charge in [0.15, 0.2) is 5.82 Å². The standard InChI is InChI=1S/C20H25N3O3/c24-12-20-11-23(9-16(20)15-7-3-4-8-17(15)25-13-20)10-18-21-19(26-22-18)14-5-1-2-6-14/h3-4,7-8,14,16,24H,1-2,5-6,9-13H2/t16-,20-/m1/s1. The Morgan fingerprint density at radius 2 is 2.08 bits per heavy atom. The highest BCUT2D eigenvalue weighted by Gasteiger charge is 2.50. The van der Waals surface area contributed by atoms with Gasteiger partial charge in [0.25, 0.3) is 0 Å². The van der Waals surface area contributed by atoms with Gasteiger partial charge in [0.2, 0.25) is 5.89 Å². The molecule has 1 saturated carbocycles. The van der Waals surface area contributed by atoms with E-state index in [1.807, 2.05) is 18.2 Å². The van der Waals surface area contributed by atoms with Crippen molar-refractivity contribution in [1.29, 1.82) is 0 Å². The average Bonchev–Trinajstić information content (AvgIpc) is 3.41. The number of rotatable bonds is 4. The van der Waals surface area contributed by atoms with E-state index in [4.69, 9.17) is 9.26 Å². The van der Waals surface area contributed by atoms with Crippen LogP contribution in [-0.4, -0.2) is 46.5 Å². The number of hydrogen-bond acceptors (Lipinski definition) is 6. The zero-order valence-electron chi connectivity index (χ0n) is 14.9. The topological polar surface area (TPSA) is 71.6 Å². The summed E-state index contributed by atoms with van der Waals surface area (Å²) in [5.74, 6) is 3.24. The summed E-state index contributed by atoms with van der Waals surface area (Å²) in [5.41, 5.74) is 0.960. The van der Waals surface area contributed by atoms with Crippen LogP contribution in [0.3, 0.4) is 0 Å². The van der Waals surface area contributed by atoms with E-state index in [1.54, 1.807) is 0 Å². The highest BCUT2D eigenvalue weighted by atomic mass is 16.5. The highest BCUT2D eigenvalue weighted by Crippen LogP contribution is 2.49. The number of aliphatic hydroxyl groups is 1. The fourth-order valence-electron chi connectivity index (χ4n) is 4.96. The molecule has 1 aliphatic carbocycles. The normalized spacial score (nSPS) is 28.7. The van der Waals surface area contributed by atoms with Crippen molar-refractivity contribution in [2.24, 2.45) is 5.41 Å². The third-order valence-corrected chi connectivity index (χ3v) is 6.40. The van der Waals surface area contributed by atoms with Gasteiger partial charge in [-0.25, -0.2) is 0 Å². The molecule has 5 rings (SSSR count). The summed E-state index contributed by atoms with van der Waals surface area (Å²) in [6, 6.07) is 8.19. The van der Waals surface area contributed by atoms with Crippen molar-refractivity contribution >= 4 is 0 Å². The maximum Gasteiger partial charge on any atom is 0.229 e. The van der Waals surface area contributed by atoms with Gasteiger partial charge in [-0.05, 0) is 24.5 Å². The maximum atomic E-state index is 10.2. The molecular weight excluding hydrogens is 330 g/mol. The van der Waals surface area contributed by atoms with E-state index in [1.165, 1.54) is 18.4 Å². The third-order valence-electron chi connectivity index (χ3n) is 6.40. The SMILES string of the molecule is OC[C@]12COc3ccccc3[C@H]1CN(Cc1noc(C3CCCC3)n1)C2. The molecule has 26 heavy (non-hydrogen) atoms. The second-order valence-electron chi connectivity index (χ2n) is 8.10. The first kappa shape index (κ1) is 16.3. The van der Waals surface area contributed by atoms with E-state index in [2.05, 4.69) is 21.1 Å². The maximum absolute atomic E-state index is 10.2. The molecule has 0 amide bonds. The molecule has 1 aromatic carbocycles. The Morgan fingerprint density at radius 3 is 2.92 bits per heavy atom. The molecule has 1 N–H and O–H groups in total. The number of para-hydroxylation sites is 1. The van der Waals surface area contributed by atoms with Crippen LogP contribution >= 0.6 is 0 Å². The van der Waals surface area contributed by atoms with Crippen LogP contribution in [0.15, 0.2) is 28.8 Å². The van der Waals surface area contributed by atoms with E-state index in [0.717, 1.165) is 43.4 Å². The van der Waals surface area contributed by atoms with Gasteiger partial charge in [-0.3, -0.25) is 4.90 Å². The third kappa shape index (κ3) is 2.63. The van der Waals surface area contributed by atoms with Crippen molar-refractivity contribution in [3.05, 3.63) is 41.5 Å². The first-order valence-electron chi connectivity index (χ1n) is 9.65. The van der Waals surface area contributed by atoms with E-state index in [0.29, 0.717) is 19.1 Å². The minimum absolute atomic E-state index is 0.127. The number of benzene rings is 1. The zero-order valence-corrected chi connectivity index (χ0v) is 14.9. The van der Waals surface area contributed by atoms with Gasteiger partial charge in [0.05, 0.1) is 19.8 Å². The van der Waals surface area contributed by atoms with Crippen molar-refractivity contribution < 1.29 is 14.4 Å². The summed E-state index contributed by atoms with van der Waals surface area (Å²) in [7, 11) is 0. The fourth-order valence-corrected chi connectivity index (χ4v) is 4.96. The van der Waals surface area contributed by atoms with Gasteiger partial charge < -0.3 is 14.4 Å². The van der Waals surface area contributed by atoms with Crippen LogP contribution in [0, 0.1) is 5.41 Å². The zero-order chi connectivity index (χ0) is 17.6. The average molecular weight is 355 g/mol.